The maximum Gasteiger partial charge on any atom is 0.319 e. The molecule has 1 fully saturated rings. The summed E-state index contributed by atoms with van der Waals surface area (Å²) < 4.78 is 1.79. The molecule has 0 saturated carbocycles. The van der Waals surface area contributed by atoms with Crippen LogP contribution in [0.4, 0.5) is 16.2 Å². The first-order valence-electron chi connectivity index (χ1n) is 10.3. The van der Waals surface area contributed by atoms with E-state index in [9.17, 15) is 9.59 Å². The zero-order chi connectivity index (χ0) is 21.6. The van der Waals surface area contributed by atoms with Crippen LogP contribution in [0, 0.1) is 6.92 Å². The van der Waals surface area contributed by atoms with Crippen molar-refractivity contribution in [1.29, 1.82) is 0 Å². The molecule has 0 bridgehead atoms. The number of piperazine rings is 1. The minimum absolute atomic E-state index is 0.0326. The summed E-state index contributed by atoms with van der Waals surface area (Å²) in [4.78, 5) is 28.8. The summed E-state index contributed by atoms with van der Waals surface area (Å²) in [5.74, 6) is -0.0798. The van der Waals surface area contributed by atoms with Crippen molar-refractivity contribution >= 4 is 23.3 Å². The average molecular weight is 419 g/mol. The van der Waals surface area contributed by atoms with E-state index in [1.807, 2.05) is 49.4 Å². The molecule has 0 unspecified atom stereocenters. The average Bonchev–Trinajstić information content (AvgIpc) is 3.24. The van der Waals surface area contributed by atoms with E-state index in [4.69, 9.17) is 0 Å². The Morgan fingerprint density at radius 3 is 2.39 bits per heavy atom. The summed E-state index contributed by atoms with van der Waals surface area (Å²) in [5, 5.41) is 9.72. The van der Waals surface area contributed by atoms with Crippen LogP contribution in [0.25, 0.3) is 5.69 Å². The van der Waals surface area contributed by atoms with Crippen LogP contribution < -0.4 is 15.5 Å². The van der Waals surface area contributed by atoms with Crippen molar-refractivity contribution in [3.63, 3.8) is 0 Å². The van der Waals surface area contributed by atoms with Gasteiger partial charge in [0.2, 0.25) is 5.91 Å². The lowest BCUT2D eigenvalue weighted by molar-refractivity contribution is -0.130. The van der Waals surface area contributed by atoms with Crippen molar-refractivity contribution in [2.24, 2.45) is 0 Å². The van der Waals surface area contributed by atoms with Gasteiger partial charge < -0.3 is 20.4 Å². The zero-order valence-corrected chi connectivity index (χ0v) is 17.5. The van der Waals surface area contributed by atoms with E-state index >= 15 is 0 Å². The molecule has 1 saturated heterocycles. The quantitative estimate of drug-likeness (QED) is 0.667. The number of carbonyl (C=O) groups is 2. The summed E-state index contributed by atoms with van der Waals surface area (Å²) in [6.07, 6.45) is 1.73. The molecular formula is C23H26N6O2. The number of hydrogen-bond donors (Lipinski definition) is 2. The Bertz CT molecular complexity index is 1040. The van der Waals surface area contributed by atoms with Gasteiger partial charge in [-0.05, 0) is 43.3 Å². The largest absolute Gasteiger partial charge is 0.368 e. The Labute approximate surface area is 181 Å². The smallest absolute Gasteiger partial charge is 0.319 e. The van der Waals surface area contributed by atoms with Crippen LogP contribution in [0.2, 0.25) is 0 Å². The third-order valence-electron chi connectivity index (χ3n) is 5.33. The van der Waals surface area contributed by atoms with Crippen molar-refractivity contribution < 1.29 is 9.59 Å². The molecule has 0 aliphatic carbocycles. The van der Waals surface area contributed by atoms with E-state index in [0.717, 1.165) is 24.5 Å². The van der Waals surface area contributed by atoms with Crippen molar-refractivity contribution in [3.05, 3.63) is 72.6 Å². The second kappa shape index (κ2) is 9.34. The van der Waals surface area contributed by atoms with E-state index < -0.39 is 6.03 Å². The number of hydrogen-bond acceptors (Lipinski definition) is 4. The van der Waals surface area contributed by atoms with Gasteiger partial charge in [0, 0.05) is 49.4 Å². The molecule has 2 N–H and O–H groups in total. The zero-order valence-electron chi connectivity index (χ0n) is 17.5. The van der Waals surface area contributed by atoms with Crippen molar-refractivity contribution in [3.8, 4) is 5.69 Å². The third kappa shape index (κ3) is 5.03. The highest BCUT2D eigenvalue weighted by atomic mass is 16.2. The second-order valence-electron chi connectivity index (χ2n) is 7.45. The van der Waals surface area contributed by atoms with Gasteiger partial charge in [-0.2, -0.15) is 5.10 Å². The maximum atomic E-state index is 12.5. The molecule has 31 heavy (non-hydrogen) atoms. The SMILES string of the molecule is Cc1ccnn1-c1cccc(NC(=O)NCC(=O)N2CCN(c3ccccc3)CC2)c1. The Morgan fingerprint density at radius 1 is 0.935 bits per heavy atom. The monoisotopic (exact) mass is 418 g/mol. The maximum absolute atomic E-state index is 12.5. The number of carbonyl (C=O) groups excluding carboxylic acids is 2. The van der Waals surface area contributed by atoms with Gasteiger partial charge in [-0.3, -0.25) is 4.79 Å². The normalized spacial score (nSPS) is 13.7. The second-order valence-corrected chi connectivity index (χ2v) is 7.45. The summed E-state index contributed by atoms with van der Waals surface area (Å²) in [5.41, 5.74) is 3.65. The number of aromatic nitrogens is 2. The van der Waals surface area contributed by atoms with Crippen LogP contribution in [0.5, 0.6) is 0 Å². The number of amides is 3. The van der Waals surface area contributed by atoms with Crippen LogP contribution in [0.1, 0.15) is 5.69 Å². The summed E-state index contributed by atoms with van der Waals surface area (Å²) in [7, 11) is 0. The lowest BCUT2D eigenvalue weighted by Gasteiger charge is -2.36. The predicted octanol–water partition coefficient (Wildman–Crippen LogP) is 2.65. The van der Waals surface area contributed by atoms with Crippen LogP contribution in [-0.4, -0.2) is 59.3 Å². The van der Waals surface area contributed by atoms with Crippen LogP contribution in [0.15, 0.2) is 66.9 Å². The Hall–Kier alpha value is -3.81. The number of nitrogens with zero attached hydrogens (tertiary/aromatic N) is 4. The van der Waals surface area contributed by atoms with Gasteiger partial charge in [0.25, 0.3) is 0 Å². The van der Waals surface area contributed by atoms with Gasteiger partial charge in [-0.25, -0.2) is 9.48 Å². The Morgan fingerprint density at radius 2 is 1.68 bits per heavy atom. The highest BCUT2D eigenvalue weighted by molar-refractivity contribution is 5.92. The summed E-state index contributed by atoms with van der Waals surface area (Å²) in [6.45, 7) is 4.77. The molecule has 1 aromatic heterocycles. The van der Waals surface area contributed by atoms with Crippen LogP contribution in [-0.2, 0) is 4.79 Å². The molecule has 8 nitrogen and oxygen atoms in total. The fourth-order valence-electron chi connectivity index (χ4n) is 3.65. The van der Waals surface area contributed by atoms with Gasteiger partial charge in [0.1, 0.15) is 0 Å². The molecule has 2 aromatic carbocycles. The molecule has 0 spiro atoms. The molecule has 4 rings (SSSR count). The molecule has 2 heterocycles. The molecule has 0 atom stereocenters. The van der Waals surface area contributed by atoms with Gasteiger partial charge >= 0.3 is 6.03 Å². The van der Waals surface area contributed by atoms with E-state index in [0.29, 0.717) is 18.8 Å². The first kappa shape index (κ1) is 20.5. The topological polar surface area (TPSA) is 82.5 Å². The molecule has 0 radical (unpaired) electrons. The molecular weight excluding hydrogens is 392 g/mol. The third-order valence-corrected chi connectivity index (χ3v) is 5.33. The van der Waals surface area contributed by atoms with E-state index in [2.05, 4.69) is 32.8 Å². The number of anilines is 2. The molecule has 3 aromatic rings. The van der Waals surface area contributed by atoms with Crippen LogP contribution >= 0.6 is 0 Å². The lowest BCUT2D eigenvalue weighted by Crippen LogP contribution is -2.51. The van der Waals surface area contributed by atoms with Crippen molar-refractivity contribution in [1.82, 2.24) is 20.0 Å². The molecule has 1 aliphatic rings. The number of aryl methyl sites for hydroxylation is 1. The van der Waals surface area contributed by atoms with E-state index in [1.165, 1.54) is 5.69 Å². The molecule has 160 valence electrons. The summed E-state index contributed by atoms with van der Waals surface area (Å²) >= 11 is 0. The number of para-hydroxylation sites is 1. The first-order valence-corrected chi connectivity index (χ1v) is 10.3. The molecule has 3 amide bonds. The minimum Gasteiger partial charge on any atom is -0.368 e. The number of urea groups is 1. The van der Waals surface area contributed by atoms with Gasteiger partial charge in [0.15, 0.2) is 0 Å². The standard InChI is InChI=1S/C23H26N6O2/c1-18-10-11-25-29(18)21-9-5-6-19(16-21)26-23(31)24-17-22(30)28-14-12-27(13-15-28)20-7-3-2-4-8-20/h2-11,16H,12-15,17H2,1H3,(H2,24,26,31). The molecule has 8 heteroatoms. The first-order chi connectivity index (χ1) is 15.1. The van der Waals surface area contributed by atoms with E-state index in [1.54, 1.807) is 21.8 Å². The van der Waals surface area contributed by atoms with Gasteiger partial charge in [-0.15, -0.1) is 0 Å². The predicted molar refractivity (Wildman–Crippen MR) is 121 cm³/mol. The van der Waals surface area contributed by atoms with Crippen molar-refractivity contribution in [2.75, 3.05) is 42.9 Å². The van der Waals surface area contributed by atoms with Crippen molar-refractivity contribution in [2.45, 2.75) is 6.92 Å². The molecule has 1 aliphatic heterocycles. The lowest BCUT2D eigenvalue weighted by atomic mass is 10.2. The fraction of sp³-hybridized carbons (Fsp3) is 0.261. The number of rotatable bonds is 5. The van der Waals surface area contributed by atoms with Gasteiger partial charge in [-0.1, -0.05) is 24.3 Å². The van der Waals surface area contributed by atoms with E-state index in [-0.39, 0.29) is 12.5 Å². The minimum atomic E-state index is -0.411. The Balaban J connectivity index is 1.25. The van der Waals surface area contributed by atoms with Crippen LogP contribution in [0.3, 0.4) is 0 Å². The number of nitrogens with one attached hydrogen (secondary N) is 2. The highest BCUT2D eigenvalue weighted by Crippen LogP contribution is 2.16. The fourth-order valence-corrected chi connectivity index (χ4v) is 3.65. The highest BCUT2D eigenvalue weighted by Gasteiger charge is 2.21. The Kier molecular flexibility index (Phi) is 6.16. The summed E-state index contributed by atoms with van der Waals surface area (Å²) in [6, 6.07) is 19.1. The van der Waals surface area contributed by atoms with Gasteiger partial charge in [0.05, 0.1) is 12.2 Å². The number of benzene rings is 2.